The first-order chi connectivity index (χ1) is 9.15. The molecule has 3 atom stereocenters. The maximum atomic E-state index is 12.3. The van der Waals surface area contributed by atoms with Gasteiger partial charge in [0.15, 0.2) is 0 Å². The van der Waals surface area contributed by atoms with Gasteiger partial charge in [0.2, 0.25) is 5.91 Å². The standard InChI is InChI=1S/C14H18BrN3O/c1-8-7-9(5-6-11(8)15)16-14(19)13-10-3-2-4-12(10)17-18-13/h5-7,10,12-13,17-18H,2-4H2,1H3,(H,16,19). The summed E-state index contributed by atoms with van der Waals surface area (Å²) in [7, 11) is 0. The van der Waals surface area contributed by atoms with Gasteiger partial charge in [0.05, 0.1) is 0 Å². The highest BCUT2D eigenvalue weighted by Crippen LogP contribution is 2.32. The molecule has 3 rings (SSSR count). The molecular formula is C14H18BrN3O. The summed E-state index contributed by atoms with van der Waals surface area (Å²) >= 11 is 3.46. The topological polar surface area (TPSA) is 53.2 Å². The molecule has 19 heavy (non-hydrogen) atoms. The molecule has 1 amide bonds. The molecule has 3 N–H and O–H groups in total. The molecular weight excluding hydrogens is 306 g/mol. The Balaban J connectivity index is 1.69. The third-order valence-corrected chi connectivity index (χ3v) is 5.02. The number of aryl methyl sites for hydroxylation is 1. The van der Waals surface area contributed by atoms with Crippen molar-refractivity contribution in [2.75, 3.05) is 5.32 Å². The van der Waals surface area contributed by atoms with Crippen LogP contribution in [0.4, 0.5) is 5.69 Å². The van der Waals surface area contributed by atoms with Crippen molar-refractivity contribution in [3.8, 4) is 0 Å². The molecule has 1 saturated heterocycles. The van der Waals surface area contributed by atoms with Crippen molar-refractivity contribution in [3.63, 3.8) is 0 Å². The van der Waals surface area contributed by atoms with Gasteiger partial charge in [-0.1, -0.05) is 22.4 Å². The average Bonchev–Trinajstić information content (AvgIpc) is 2.95. The minimum Gasteiger partial charge on any atom is -0.325 e. The summed E-state index contributed by atoms with van der Waals surface area (Å²) in [6, 6.07) is 6.21. The first-order valence-corrected chi connectivity index (χ1v) is 7.52. The van der Waals surface area contributed by atoms with E-state index in [2.05, 4.69) is 32.1 Å². The molecule has 0 radical (unpaired) electrons. The fourth-order valence-corrected chi connectivity index (χ4v) is 3.32. The molecule has 0 aromatic heterocycles. The summed E-state index contributed by atoms with van der Waals surface area (Å²) in [5, 5.41) is 3.00. The van der Waals surface area contributed by atoms with Gasteiger partial charge in [-0.3, -0.25) is 10.2 Å². The number of benzene rings is 1. The van der Waals surface area contributed by atoms with Gasteiger partial charge in [-0.2, -0.15) is 0 Å². The van der Waals surface area contributed by atoms with Gasteiger partial charge in [0.1, 0.15) is 6.04 Å². The molecule has 5 heteroatoms. The molecule has 1 aromatic carbocycles. The summed E-state index contributed by atoms with van der Waals surface area (Å²) in [6.07, 6.45) is 3.51. The first-order valence-electron chi connectivity index (χ1n) is 6.73. The Morgan fingerprint density at radius 1 is 1.37 bits per heavy atom. The first kappa shape index (κ1) is 13.1. The van der Waals surface area contributed by atoms with E-state index in [1.807, 2.05) is 25.1 Å². The van der Waals surface area contributed by atoms with Gasteiger partial charge in [0.25, 0.3) is 0 Å². The van der Waals surface area contributed by atoms with Gasteiger partial charge in [-0.05, 0) is 43.5 Å². The van der Waals surface area contributed by atoms with E-state index in [-0.39, 0.29) is 11.9 Å². The van der Waals surface area contributed by atoms with Crippen molar-refractivity contribution in [2.45, 2.75) is 38.3 Å². The maximum Gasteiger partial charge on any atom is 0.243 e. The summed E-state index contributed by atoms with van der Waals surface area (Å²) < 4.78 is 1.06. The Labute approximate surface area is 121 Å². The van der Waals surface area contributed by atoms with Crippen LogP contribution >= 0.6 is 15.9 Å². The van der Waals surface area contributed by atoms with Crippen LogP contribution in [0.1, 0.15) is 24.8 Å². The van der Waals surface area contributed by atoms with E-state index >= 15 is 0 Å². The van der Waals surface area contributed by atoms with Gasteiger partial charge in [-0.15, -0.1) is 0 Å². The minimum atomic E-state index is -0.114. The quantitative estimate of drug-likeness (QED) is 0.783. The highest BCUT2D eigenvalue weighted by molar-refractivity contribution is 9.10. The summed E-state index contributed by atoms with van der Waals surface area (Å²) in [6.45, 7) is 2.02. The number of rotatable bonds is 2. The summed E-state index contributed by atoms with van der Waals surface area (Å²) in [4.78, 5) is 12.3. The third kappa shape index (κ3) is 2.55. The third-order valence-electron chi connectivity index (χ3n) is 4.13. The zero-order chi connectivity index (χ0) is 13.4. The largest absolute Gasteiger partial charge is 0.325 e. The predicted octanol–water partition coefficient (Wildman–Crippen LogP) is 2.34. The SMILES string of the molecule is Cc1cc(NC(=O)C2NNC3CCCC32)ccc1Br. The van der Waals surface area contributed by atoms with Crippen LogP contribution in [0.2, 0.25) is 0 Å². The molecule has 1 aromatic rings. The lowest BCUT2D eigenvalue weighted by Crippen LogP contribution is -2.42. The number of carbonyl (C=O) groups is 1. The van der Waals surface area contributed by atoms with Crippen molar-refractivity contribution in [2.24, 2.45) is 5.92 Å². The molecule has 1 aliphatic carbocycles. The average molecular weight is 324 g/mol. The van der Waals surface area contributed by atoms with E-state index in [0.717, 1.165) is 22.1 Å². The number of hydrogen-bond donors (Lipinski definition) is 3. The van der Waals surface area contributed by atoms with Gasteiger partial charge >= 0.3 is 0 Å². The lowest BCUT2D eigenvalue weighted by Gasteiger charge is -2.16. The molecule has 0 bridgehead atoms. The Morgan fingerprint density at radius 3 is 3.00 bits per heavy atom. The molecule has 2 aliphatic rings. The van der Waals surface area contributed by atoms with Crippen LogP contribution in [0.25, 0.3) is 0 Å². The monoisotopic (exact) mass is 323 g/mol. The maximum absolute atomic E-state index is 12.3. The van der Waals surface area contributed by atoms with Crippen molar-refractivity contribution in [1.29, 1.82) is 0 Å². The van der Waals surface area contributed by atoms with E-state index in [0.29, 0.717) is 12.0 Å². The second kappa shape index (κ2) is 5.23. The second-order valence-electron chi connectivity index (χ2n) is 5.42. The molecule has 1 aliphatic heterocycles. The van der Waals surface area contributed by atoms with E-state index in [1.54, 1.807) is 0 Å². The van der Waals surface area contributed by atoms with Crippen LogP contribution in [0.3, 0.4) is 0 Å². The van der Waals surface area contributed by atoms with Crippen LogP contribution in [0.5, 0.6) is 0 Å². The van der Waals surface area contributed by atoms with Gasteiger partial charge in [-0.25, -0.2) is 5.43 Å². The van der Waals surface area contributed by atoms with Crippen molar-refractivity contribution in [3.05, 3.63) is 28.2 Å². The predicted molar refractivity (Wildman–Crippen MR) is 78.7 cm³/mol. The zero-order valence-corrected chi connectivity index (χ0v) is 12.5. The number of hydrazine groups is 1. The molecule has 4 nitrogen and oxygen atoms in total. The number of hydrogen-bond acceptors (Lipinski definition) is 3. The van der Waals surface area contributed by atoms with Crippen LogP contribution in [0, 0.1) is 12.8 Å². The highest BCUT2D eigenvalue weighted by Gasteiger charge is 2.42. The summed E-state index contributed by atoms with van der Waals surface area (Å²) in [5.41, 5.74) is 8.35. The number of nitrogens with one attached hydrogen (secondary N) is 3. The second-order valence-corrected chi connectivity index (χ2v) is 6.28. The van der Waals surface area contributed by atoms with E-state index in [9.17, 15) is 4.79 Å². The fraction of sp³-hybridized carbons (Fsp3) is 0.500. The number of fused-ring (bicyclic) bond motifs is 1. The Morgan fingerprint density at radius 2 is 2.21 bits per heavy atom. The van der Waals surface area contributed by atoms with Crippen LogP contribution in [0.15, 0.2) is 22.7 Å². The number of amides is 1. The Bertz CT molecular complexity index is 505. The molecule has 2 fully saturated rings. The van der Waals surface area contributed by atoms with Crippen LogP contribution in [-0.2, 0) is 4.79 Å². The van der Waals surface area contributed by atoms with E-state index < -0.39 is 0 Å². The summed E-state index contributed by atoms with van der Waals surface area (Å²) in [5.74, 6) is 0.486. The van der Waals surface area contributed by atoms with Crippen molar-refractivity contribution in [1.82, 2.24) is 10.9 Å². The zero-order valence-electron chi connectivity index (χ0n) is 10.9. The van der Waals surface area contributed by atoms with E-state index in [4.69, 9.17) is 0 Å². The lowest BCUT2D eigenvalue weighted by atomic mass is 9.96. The van der Waals surface area contributed by atoms with Crippen molar-refractivity contribution >= 4 is 27.5 Å². The smallest absolute Gasteiger partial charge is 0.243 e. The Kier molecular flexibility index (Phi) is 3.60. The van der Waals surface area contributed by atoms with E-state index in [1.165, 1.54) is 12.8 Å². The van der Waals surface area contributed by atoms with Gasteiger partial charge < -0.3 is 5.32 Å². The number of carbonyl (C=O) groups excluding carboxylic acids is 1. The van der Waals surface area contributed by atoms with Crippen LogP contribution in [-0.4, -0.2) is 18.0 Å². The highest BCUT2D eigenvalue weighted by atomic mass is 79.9. The van der Waals surface area contributed by atoms with Gasteiger partial charge in [0, 0.05) is 22.1 Å². The molecule has 1 heterocycles. The molecule has 102 valence electrons. The minimum absolute atomic E-state index is 0.0589. The normalized spacial score (nSPS) is 29.3. The number of halogens is 1. The van der Waals surface area contributed by atoms with Crippen molar-refractivity contribution < 1.29 is 4.79 Å². The lowest BCUT2D eigenvalue weighted by molar-refractivity contribution is -0.118. The molecule has 3 unspecified atom stereocenters. The number of anilines is 1. The molecule has 1 saturated carbocycles. The Hall–Kier alpha value is -0.910. The molecule has 0 spiro atoms. The van der Waals surface area contributed by atoms with Crippen LogP contribution < -0.4 is 16.2 Å². The fourth-order valence-electron chi connectivity index (χ4n) is 3.07.